The maximum Gasteiger partial charge on any atom is 0.213 e. The number of aromatic nitrogens is 4. The molecule has 0 radical (unpaired) electrons. The SMILES string of the molecule is Fc1ccc(CN[C@H]2Cc3cc(Cl)ccc3-n3c(nnc3C3CCC(Oc4ccccn4)CC3)C2)cc1. The Morgan fingerprint density at radius 3 is 2.59 bits per heavy atom. The molecular formula is C29H29ClFN5O. The molecule has 2 aliphatic rings. The molecule has 2 aromatic heterocycles. The highest BCUT2D eigenvalue weighted by molar-refractivity contribution is 6.30. The highest BCUT2D eigenvalue weighted by atomic mass is 35.5. The van der Waals surface area contributed by atoms with Gasteiger partial charge in [-0.2, -0.15) is 0 Å². The monoisotopic (exact) mass is 517 g/mol. The normalized spacial score (nSPS) is 21.1. The average Bonchev–Trinajstić information content (AvgIpc) is 3.25. The quantitative estimate of drug-likeness (QED) is 0.349. The molecular weight excluding hydrogens is 489 g/mol. The standard InChI is InChI=1S/C29H29ClFN5O/c30-22-8-13-26-21(15-22)16-24(33-18-19-4-9-23(31)10-5-19)17-27-34-35-29(36(26)27)20-6-11-25(12-7-20)37-28-3-1-2-14-32-28/h1-5,8-10,13-15,20,24-25,33H,6-7,11-12,16-18H2/t20?,24-,25?/m0/s1. The zero-order valence-corrected chi connectivity index (χ0v) is 21.2. The van der Waals surface area contributed by atoms with Gasteiger partial charge < -0.3 is 10.1 Å². The lowest BCUT2D eigenvalue weighted by atomic mass is 9.86. The number of rotatable bonds is 6. The van der Waals surface area contributed by atoms with E-state index in [9.17, 15) is 4.39 Å². The van der Waals surface area contributed by atoms with Crippen LogP contribution in [0.1, 0.15) is 54.4 Å². The maximum absolute atomic E-state index is 13.3. The van der Waals surface area contributed by atoms with Crippen molar-refractivity contribution in [2.45, 2.75) is 63.1 Å². The molecule has 3 heterocycles. The molecule has 37 heavy (non-hydrogen) atoms. The van der Waals surface area contributed by atoms with Crippen molar-refractivity contribution in [3.63, 3.8) is 0 Å². The lowest BCUT2D eigenvalue weighted by Gasteiger charge is -2.28. The van der Waals surface area contributed by atoms with Crippen molar-refractivity contribution in [3.05, 3.63) is 100 Å². The van der Waals surface area contributed by atoms with Gasteiger partial charge in [0.15, 0.2) is 0 Å². The van der Waals surface area contributed by atoms with Gasteiger partial charge in [0.25, 0.3) is 0 Å². The van der Waals surface area contributed by atoms with Crippen molar-refractivity contribution in [2.75, 3.05) is 0 Å². The van der Waals surface area contributed by atoms with Gasteiger partial charge in [0.05, 0.1) is 5.69 Å². The Hall–Kier alpha value is -3.29. The van der Waals surface area contributed by atoms with Gasteiger partial charge in [-0.15, -0.1) is 10.2 Å². The first-order valence-electron chi connectivity index (χ1n) is 12.9. The van der Waals surface area contributed by atoms with E-state index in [1.165, 1.54) is 17.7 Å². The topological polar surface area (TPSA) is 64.9 Å². The lowest BCUT2D eigenvalue weighted by Crippen LogP contribution is -2.32. The van der Waals surface area contributed by atoms with Crippen LogP contribution < -0.4 is 10.1 Å². The summed E-state index contributed by atoms with van der Waals surface area (Å²) in [7, 11) is 0. The molecule has 6 nitrogen and oxygen atoms in total. The van der Waals surface area contributed by atoms with Gasteiger partial charge in [0.2, 0.25) is 5.88 Å². The number of nitrogens with zero attached hydrogens (tertiary/aromatic N) is 4. The minimum absolute atomic E-state index is 0.156. The van der Waals surface area contributed by atoms with Gasteiger partial charge in [0, 0.05) is 42.2 Å². The number of benzene rings is 2. The first-order valence-corrected chi connectivity index (χ1v) is 13.3. The predicted molar refractivity (Wildman–Crippen MR) is 141 cm³/mol. The zero-order valence-electron chi connectivity index (χ0n) is 20.5. The third-order valence-electron chi connectivity index (χ3n) is 7.41. The molecule has 1 atom stereocenters. The van der Waals surface area contributed by atoms with Crippen molar-refractivity contribution in [1.29, 1.82) is 0 Å². The minimum Gasteiger partial charge on any atom is -0.474 e. The van der Waals surface area contributed by atoms with Crippen LogP contribution in [0.25, 0.3) is 5.69 Å². The van der Waals surface area contributed by atoms with Crippen LogP contribution in [0.4, 0.5) is 4.39 Å². The second-order valence-corrected chi connectivity index (χ2v) is 10.4. The van der Waals surface area contributed by atoms with Crippen molar-refractivity contribution >= 4 is 11.6 Å². The van der Waals surface area contributed by atoms with E-state index in [0.29, 0.717) is 18.3 Å². The van der Waals surface area contributed by atoms with Crippen molar-refractivity contribution in [2.24, 2.45) is 0 Å². The summed E-state index contributed by atoms with van der Waals surface area (Å²) in [6.07, 6.45) is 7.40. The van der Waals surface area contributed by atoms with Crippen LogP contribution >= 0.6 is 11.6 Å². The molecule has 2 aromatic carbocycles. The maximum atomic E-state index is 13.3. The summed E-state index contributed by atoms with van der Waals surface area (Å²) in [6.45, 7) is 0.655. The summed E-state index contributed by atoms with van der Waals surface area (Å²) in [6, 6.07) is 18.6. The van der Waals surface area contributed by atoms with Gasteiger partial charge in [-0.25, -0.2) is 9.37 Å². The van der Waals surface area contributed by atoms with Gasteiger partial charge in [0.1, 0.15) is 23.6 Å². The number of nitrogens with one attached hydrogen (secondary N) is 1. The molecule has 1 aliphatic heterocycles. The predicted octanol–water partition coefficient (Wildman–Crippen LogP) is 5.82. The van der Waals surface area contributed by atoms with Crippen molar-refractivity contribution in [3.8, 4) is 11.6 Å². The van der Waals surface area contributed by atoms with E-state index in [4.69, 9.17) is 21.4 Å². The molecule has 0 bridgehead atoms. The highest BCUT2D eigenvalue weighted by Gasteiger charge is 2.31. The van der Waals surface area contributed by atoms with Crippen LogP contribution in [0.2, 0.25) is 5.02 Å². The average molecular weight is 518 g/mol. The van der Waals surface area contributed by atoms with Crippen LogP contribution in [0.15, 0.2) is 66.9 Å². The van der Waals surface area contributed by atoms with E-state index in [2.05, 4.69) is 32.1 Å². The molecule has 6 rings (SSSR count). The van der Waals surface area contributed by atoms with E-state index in [1.807, 2.05) is 36.4 Å². The Balaban J connectivity index is 1.21. The molecule has 4 aromatic rings. The molecule has 0 unspecified atom stereocenters. The number of hydrogen-bond acceptors (Lipinski definition) is 5. The molecule has 0 spiro atoms. The highest BCUT2D eigenvalue weighted by Crippen LogP contribution is 2.37. The smallest absolute Gasteiger partial charge is 0.213 e. The first-order chi connectivity index (χ1) is 18.1. The van der Waals surface area contributed by atoms with Crippen molar-refractivity contribution < 1.29 is 9.13 Å². The second kappa shape index (κ2) is 10.6. The Labute approximate surface area is 220 Å². The Morgan fingerprint density at radius 2 is 1.81 bits per heavy atom. The zero-order chi connectivity index (χ0) is 25.2. The first kappa shape index (κ1) is 24.1. The van der Waals surface area contributed by atoms with Gasteiger partial charge in [-0.05, 0) is 79.6 Å². The van der Waals surface area contributed by atoms with E-state index in [1.54, 1.807) is 6.20 Å². The number of ether oxygens (including phenoxy) is 1. The Morgan fingerprint density at radius 1 is 0.973 bits per heavy atom. The number of fused-ring (bicyclic) bond motifs is 3. The van der Waals surface area contributed by atoms with Gasteiger partial charge in [-0.1, -0.05) is 29.8 Å². The minimum atomic E-state index is -0.222. The molecule has 1 saturated carbocycles. The van der Waals surface area contributed by atoms with E-state index in [0.717, 1.165) is 66.4 Å². The van der Waals surface area contributed by atoms with E-state index >= 15 is 0 Å². The molecule has 1 aliphatic carbocycles. The number of hydrogen-bond donors (Lipinski definition) is 1. The van der Waals surface area contributed by atoms with Crippen LogP contribution in [0.5, 0.6) is 5.88 Å². The van der Waals surface area contributed by atoms with Crippen LogP contribution in [0, 0.1) is 5.82 Å². The fraction of sp³-hybridized carbons (Fsp3) is 0.345. The second-order valence-electron chi connectivity index (χ2n) is 9.95. The summed E-state index contributed by atoms with van der Waals surface area (Å²) in [5, 5.41) is 13.7. The summed E-state index contributed by atoms with van der Waals surface area (Å²) in [5.41, 5.74) is 3.33. The molecule has 1 N–H and O–H groups in total. The third kappa shape index (κ3) is 5.38. The Bertz CT molecular complexity index is 1350. The summed E-state index contributed by atoms with van der Waals surface area (Å²) >= 11 is 6.42. The third-order valence-corrected chi connectivity index (χ3v) is 7.64. The number of pyridine rings is 1. The van der Waals surface area contributed by atoms with Crippen LogP contribution in [0.3, 0.4) is 0 Å². The fourth-order valence-electron chi connectivity index (χ4n) is 5.52. The number of halogens is 2. The Kier molecular flexibility index (Phi) is 6.89. The molecule has 190 valence electrons. The summed E-state index contributed by atoms with van der Waals surface area (Å²) < 4.78 is 21.7. The van der Waals surface area contributed by atoms with Crippen molar-refractivity contribution in [1.82, 2.24) is 25.1 Å². The van der Waals surface area contributed by atoms with Crippen LogP contribution in [-0.4, -0.2) is 31.9 Å². The molecule has 1 fully saturated rings. The lowest BCUT2D eigenvalue weighted by molar-refractivity contribution is 0.139. The molecule has 0 saturated heterocycles. The van der Waals surface area contributed by atoms with Crippen LogP contribution in [-0.2, 0) is 19.4 Å². The fourth-order valence-corrected chi connectivity index (χ4v) is 5.71. The van der Waals surface area contributed by atoms with Gasteiger partial charge in [-0.3, -0.25) is 4.57 Å². The summed E-state index contributed by atoms with van der Waals surface area (Å²) in [5.74, 6) is 2.76. The summed E-state index contributed by atoms with van der Waals surface area (Å²) in [4.78, 5) is 4.31. The molecule has 0 amide bonds. The van der Waals surface area contributed by atoms with Gasteiger partial charge >= 0.3 is 0 Å². The van der Waals surface area contributed by atoms with E-state index < -0.39 is 0 Å². The largest absolute Gasteiger partial charge is 0.474 e. The molecule has 8 heteroatoms. The van der Waals surface area contributed by atoms with E-state index in [-0.39, 0.29) is 18.0 Å².